The van der Waals surface area contributed by atoms with Gasteiger partial charge in [-0.05, 0) is 55.4 Å². The first-order valence-electron chi connectivity index (χ1n) is 9.59. The van der Waals surface area contributed by atoms with Crippen molar-refractivity contribution in [3.8, 4) is 10.7 Å². The van der Waals surface area contributed by atoms with Crippen LogP contribution in [0.1, 0.15) is 50.4 Å². The van der Waals surface area contributed by atoms with Crippen LogP contribution in [0.25, 0.3) is 10.7 Å². The van der Waals surface area contributed by atoms with Crippen LogP contribution in [0.4, 0.5) is 0 Å². The highest BCUT2D eigenvalue weighted by atomic mass is 32.2. The van der Waals surface area contributed by atoms with Crippen LogP contribution in [-0.2, 0) is 5.75 Å². The number of aromatic nitrogens is 5. The Hall–Kier alpha value is -1.67. The fraction of sp³-hybridized carbons (Fsp3) is 0.579. The van der Waals surface area contributed by atoms with Gasteiger partial charge in [0.05, 0.1) is 10.6 Å². The van der Waals surface area contributed by atoms with Gasteiger partial charge in [0, 0.05) is 13.0 Å². The quantitative estimate of drug-likeness (QED) is 0.542. The molecule has 0 N–H and O–H groups in total. The average molecular weight is 402 g/mol. The second-order valence-corrected chi connectivity index (χ2v) is 9.63. The normalized spacial score (nSPS) is 25.3. The van der Waals surface area contributed by atoms with Gasteiger partial charge in [-0.2, -0.15) is 0 Å². The molecule has 0 amide bonds. The lowest BCUT2D eigenvalue weighted by atomic mass is 9.84. The molecule has 4 unspecified atom stereocenters. The third-order valence-corrected chi connectivity index (χ3v) is 7.91. The van der Waals surface area contributed by atoms with Crippen molar-refractivity contribution in [2.24, 2.45) is 17.8 Å². The Bertz CT molecular complexity index is 919. The van der Waals surface area contributed by atoms with E-state index < -0.39 is 0 Å². The lowest BCUT2D eigenvalue weighted by Gasteiger charge is -2.30. The molecule has 0 saturated heterocycles. The Morgan fingerprint density at radius 1 is 1.26 bits per heavy atom. The van der Waals surface area contributed by atoms with Crippen molar-refractivity contribution in [2.75, 3.05) is 0 Å². The van der Waals surface area contributed by atoms with Gasteiger partial charge >= 0.3 is 0 Å². The highest BCUT2D eigenvalue weighted by Crippen LogP contribution is 2.53. The number of hydrogen-bond donors (Lipinski definition) is 0. The summed E-state index contributed by atoms with van der Waals surface area (Å²) in [5, 5.41) is 20.2. The number of thioether (sulfide) groups is 1. The maximum atomic E-state index is 5.53. The van der Waals surface area contributed by atoms with E-state index in [0.717, 1.165) is 28.7 Å². The zero-order valence-electron chi connectivity index (χ0n) is 15.5. The van der Waals surface area contributed by atoms with Gasteiger partial charge < -0.3 is 4.42 Å². The molecular weight excluding hydrogens is 378 g/mol. The molecular formula is C19H23N5OS2. The molecule has 0 radical (unpaired) electrons. The van der Waals surface area contributed by atoms with E-state index >= 15 is 0 Å². The molecule has 2 aliphatic rings. The van der Waals surface area contributed by atoms with Crippen LogP contribution in [0.3, 0.4) is 0 Å². The molecule has 2 saturated carbocycles. The van der Waals surface area contributed by atoms with Crippen molar-refractivity contribution >= 4 is 23.1 Å². The number of hydrogen-bond acceptors (Lipinski definition) is 7. The van der Waals surface area contributed by atoms with E-state index in [1.807, 2.05) is 6.92 Å². The Morgan fingerprint density at radius 3 is 2.85 bits per heavy atom. The molecule has 27 heavy (non-hydrogen) atoms. The van der Waals surface area contributed by atoms with Gasteiger partial charge in [-0.3, -0.25) is 4.57 Å². The zero-order valence-corrected chi connectivity index (χ0v) is 17.2. The fourth-order valence-corrected chi connectivity index (χ4v) is 6.48. The lowest BCUT2D eigenvalue weighted by molar-refractivity contribution is 0.235. The van der Waals surface area contributed by atoms with Crippen molar-refractivity contribution in [3.05, 3.63) is 29.3 Å². The molecule has 5 rings (SSSR count). The molecule has 8 heteroatoms. The SMILES string of the molecule is Cc1nnc(CSc2nnc(-c3cccs3)n2C(C)C2CC3CCC2C3)o1. The van der Waals surface area contributed by atoms with Gasteiger partial charge in [0.25, 0.3) is 0 Å². The molecule has 2 aliphatic carbocycles. The molecule has 6 nitrogen and oxygen atoms in total. The smallest absolute Gasteiger partial charge is 0.226 e. The largest absolute Gasteiger partial charge is 0.425 e. The second kappa shape index (κ2) is 7.05. The Balaban J connectivity index is 1.45. The van der Waals surface area contributed by atoms with Crippen LogP contribution in [0.15, 0.2) is 27.1 Å². The minimum Gasteiger partial charge on any atom is -0.425 e. The van der Waals surface area contributed by atoms with Gasteiger partial charge in [0.2, 0.25) is 11.8 Å². The first-order chi connectivity index (χ1) is 13.2. The summed E-state index contributed by atoms with van der Waals surface area (Å²) in [5.74, 6) is 5.36. The van der Waals surface area contributed by atoms with Gasteiger partial charge in [-0.15, -0.1) is 31.7 Å². The Morgan fingerprint density at radius 2 is 2.19 bits per heavy atom. The van der Waals surface area contributed by atoms with Gasteiger partial charge in [0.15, 0.2) is 11.0 Å². The van der Waals surface area contributed by atoms with Crippen LogP contribution in [-0.4, -0.2) is 25.0 Å². The molecule has 2 fully saturated rings. The minimum atomic E-state index is 0.402. The molecule has 0 aromatic carbocycles. The first-order valence-corrected chi connectivity index (χ1v) is 11.5. The fourth-order valence-electron chi connectivity index (χ4n) is 4.91. The molecule has 0 spiro atoms. The van der Waals surface area contributed by atoms with Gasteiger partial charge in [-0.1, -0.05) is 24.2 Å². The standard InChI is InChI=1S/C19H23N5OS2/c1-11(15-9-13-5-6-14(15)8-13)24-18(16-4-3-7-26-16)22-23-19(24)27-10-17-21-20-12(2)25-17/h3-4,7,11,13-15H,5-6,8-10H2,1-2H3. The van der Waals surface area contributed by atoms with Crippen LogP contribution >= 0.6 is 23.1 Å². The van der Waals surface area contributed by atoms with Crippen molar-refractivity contribution in [1.29, 1.82) is 0 Å². The minimum absolute atomic E-state index is 0.402. The first kappa shape index (κ1) is 17.4. The van der Waals surface area contributed by atoms with Crippen molar-refractivity contribution in [1.82, 2.24) is 25.0 Å². The van der Waals surface area contributed by atoms with E-state index in [-0.39, 0.29) is 0 Å². The molecule has 4 atom stereocenters. The van der Waals surface area contributed by atoms with Crippen molar-refractivity contribution in [2.45, 2.75) is 56.5 Å². The van der Waals surface area contributed by atoms with E-state index in [0.29, 0.717) is 23.6 Å². The summed E-state index contributed by atoms with van der Waals surface area (Å²) in [5.41, 5.74) is 0. The van der Waals surface area contributed by atoms with E-state index in [4.69, 9.17) is 4.42 Å². The molecule has 3 aromatic heterocycles. The summed E-state index contributed by atoms with van der Waals surface area (Å²) in [6.07, 6.45) is 5.57. The van der Waals surface area contributed by atoms with E-state index in [9.17, 15) is 0 Å². The summed E-state index contributed by atoms with van der Waals surface area (Å²) in [4.78, 5) is 1.18. The van der Waals surface area contributed by atoms with E-state index in [1.54, 1.807) is 23.1 Å². The van der Waals surface area contributed by atoms with Gasteiger partial charge in [-0.25, -0.2) is 0 Å². The molecule has 3 heterocycles. The van der Waals surface area contributed by atoms with Crippen molar-refractivity contribution in [3.63, 3.8) is 0 Å². The number of aryl methyl sites for hydroxylation is 1. The van der Waals surface area contributed by atoms with E-state index in [1.165, 1.54) is 30.6 Å². The van der Waals surface area contributed by atoms with Crippen LogP contribution in [0.5, 0.6) is 0 Å². The third-order valence-electron chi connectivity index (χ3n) is 6.12. The summed E-state index contributed by atoms with van der Waals surface area (Å²) in [7, 11) is 0. The Kier molecular flexibility index (Phi) is 4.55. The number of nitrogens with zero attached hydrogens (tertiary/aromatic N) is 5. The second-order valence-electron chi connectivity index (χ2n) is 7.74. The molecule has 0 aliphatic heterocycles. The third kappa shape index (κ3) is 3.23. The van der Waals surface area contributed by atoms with Crippen LogP contribution in [0, 0.1) is 24.7 Å². The maximum absolute atomic E-state index is 5.53. The van der Waals surface area contributed by atoms with E-state index in [2.05, 4.69) is 49.4 Å². The lowest BCUT2D eigenvalue weighted by Crippen LogP contribution is -2.23. The van der Waals surface area contributed by atoms with Gasteiger partial charge in [0.1, 0.15) is 0 Å². The number of fused-ring (bicyclic) bond motifs is 2. The molecule has 142 valence electrons. The summed E-state index contributed by atoms with van der Waals surface area (Å²) >= 11 is 3.36. The maximum Gasteiger partial charge on any atom is 0.226 e. The van der Waals surface area contributed by atoms with Crippen LogP contribution < -0.4 is 0 Å². The monoisotopic (exact) mass is 401 g/mol. The number of thiophene rings is 1. The van der Waals surface area contributed by atoms with Crippen molar-refractivity contribution < 1.29 is 4.42 Å². The Labute approximate surface area is 166 Å². The summed E-state index contributed by atoms with van der Waals surface area (Å²) < 4.78 is 7.89. The highest BCUT2D eigenvalue weighted by Gasteiger charge is 2.43. The number of rotatable bonds is 6. The predicted molar refractivity (Wildman–Crippen MR) is 106 cm³/mol. The zero-order chi connectivity index (χ0) is 18.4. The highest BCUT2D eigenvalue weighted by molar-refractivity contribution is 7.98. The van der Waals surface area contributed by atoms with Crippen LogP contribution in [0.2, 0.25) is 0 Å². The molecule has 3 aromatic rings. The summed E-state index contributed by atoms with van der Waals surface area (Å²) in [6, 6.07) is 4.61. The summed E-state index contributed by atoms with van der Waals surface area (Å²) in [6.45, 7) is 4.17. The predicted octanol–water partition coefficient (Wildman–Crippen LogP) is 4.99. The molecule has 2 bridgehead atoms. The topological polar surface area (TPSA) is 69.6 Å². The average Bonchev–Trinajstić information content (AvgIpc) is 3.48.